The van der Waals surface area contributed by atoms with Crippen molar-refractivity contribution in [1.29, 1.82) is 0 Å². The predicted molar refractivity (Wildman–Crippen MR) is 107 cm³/mol. The average Bonchev–Trinajstić information content (AvgIpc) is 3.16. The molecule has 0 aliphatic carbocycles. The van der Waals surface area contributed by atoms with Crippen LogP contribution in [0.1, 0.15) is 13.8 Å². The summed E-state index contributed by atoms with van der Waals surface area (Å²) in [5.74, 6) is 0. The number of hydrogen-bond acceptors (Lipinski definition) is 2. The quantitative estimate of drug-likeness (QED) is 0.383. The molecule has 4 aromatic rings. The fourth-order valence-electron chi connectivity index (χ4n) is 3.25. The maximum atomic E-state index is 2.39. The van der Waals surface area contributed by atoms with Crippen LogP contribution in [0.25, 0.3) is 21.8 Å². The van der Waals surface area contributed by atoms with E-state index in [1.165, 1.54) is 31.9 Å². The third kappa shape index (κ3) is 2.64. The Kier molecular flexibility index (Phi) is 4.33. The van der Waals surface area contributed by atoms with Crippen LogP contribution in [-0.4, -0.2) is 9.13 Å². The van der Waals surface area contributed by atoms with Crippen LogP contribution in [-0.2, 0) is 13.1 Å². The number of fused-ring (bicyclic) bond motifs is 2. The first-order valence-electron chi connectivity index (χ1n) is 8.33. The minimum atomic E-state index is 0.993. The van der Waals surface area contributed by atoms with E-state index in [-0.39, 0.29) is 0 Å². The molecule has 0 unspecified atom stereocenters. The summed E-state index contributed by atoms with van der Waals surface area (Å²) in [6.45, 7) is 6.41. The average molecular weight is 353 g/mol. The Hall–Kier alpha value is -1.78. The first-order valence-corrected chi connectivity index (χ1v) is 10.5. The highest BCUT2D eigenvalue weighted by molar-refractivity contribution is 8.76. The summed E-state index contributed by atoms with van der Waals surface area (Å²) >= 11 is 0. The molecule has 0 atom stereocenters. The van der Waals surface area contributed by atoms with Gasteiger partial charge in [-0.2, -0.15) is 0 Å². The van der Waals surface area contributed by atoms with Crippen molar-refractivity contribution in [3.63, 3.8) is 0 Å². The molecule has 122 valence electrons. The Balaban J connectivity index is 1.68. The van der Waals surface area contributed by atoms with Gasteiger partial charge >= 0.3 is 0 Å². The van der Waals surface area contributed by atoms with Crippen molar-refractivity contribution in [2.75, 3.05) is 0 Å². The van der Waals surface area contributed by atoms with E-state index in [1.807, 2.05) is 21.6 Å². The number of rotatable bonds is 5. The lowest BCUT2D eigenvalue weighted by atomic mass is 10.2. The maximum Gasteiger partial charge on any atom is 0.0870 e. The van der Waals surface area contributed by atoms with Gasteiger partial charge in [-0.15, -0.1) is 0 Å². The van der Waals surface area contributed by atoms with Gasteiger partial charge in [-0.3, -0.25) is 0 Å². The molecule has 2 heterocycles. The van der Waals surface area contributed by atoms with Crippen LogP contribution in [0, 0.1) is 0 Å². The first-order chi connectivity index (χ1) is 11.8. The minimum Gasteiger partial charge on any atom is -0.335 e. The molecular weight excluding hydrogens is 332 g/mol. The summed E-state index contributed by atoms with van der Waals surface area (Å²) in [7, 11) is 3.71. The van der Waals surface area contributed by atoms with E-state index in [0.29, 0.717) is 0 Å². The van der Waals surface area contributed by atoms with Crippen molar-refractivity contribution in [2.24, 2.45) is 0 Å². The summed E-state index contributed by atoms with van der Waals surface area (Å²) in [6.07, 6.45) is 0. The Labute approximate surface area is 150 Å². The second-order valence-corrected chi connectivity index (χ2v) is 7.91. The zero-order chi connectivity index (χ0) is 16.5. The van der Waals surface area contributed by atoms with Crippen molar-refractivity contribution < 1.29 is 0 Å². The number of nitrogens with zero attached hydrogens (tertiary/aromatic N) is 2. The monoisotopic (exact) mass is 352 g/mol. The smallest absolute Gasteiger partial charge is 0.0870 e. The van der Waals surface area contributed by atoms with Gasteiger partial charge in [0.15, 0.2) is 0 Å². The predicted octanol–water partition coefficient (Wildman–Crippen LogP) is 6.44. The van der Waals surface area contributed by atoms with E-state index >= 15 is 0 Å². The van der Waals surface area contributed by atoms with Crippen molar-refractivity contribution in [2.45, 2.75) is 37.0 Å². The van der Waals surface area contributed by atoms with Crippen molar-refractivity contribution in [1.82, 2.24) is 9.13 Å². The standard InChI is InChI=1S/C20H20N2S2/c1-3-21-17-11-7-5-9-15(17)13-19(21)23-24-20-14-16-10-6-8-12-18(16)22(20)4-2/h5-14H,3-4H2,1-2H3. The summed E-state index contributed by atoms with van der Waals surface area (Å²) in [6, 6.07) is 21.9. The third-order valence-electron chi connectivity index (χ3n) is 4.39. The zero-order valence-corrected chi connectivity index (χ0v) is 15.5. The number of para-hydroxylation sites is 2. The van der Waals surface area contributed by atoms with Gasteiger partial charge in [0, 0.05) is 34.9 Å². The lowest BCUT2D eigenvalue weighted by molar-refractivity contribution is 0.728. The molecular formula is C20H20N2S2. The summed E-state index contributed by atoms with van der Waals surface area (Å²) in [5.41, 5.74) is 2.64. The Morgan fingerprint density at radius 2 is 1.08 bits per heavy atom. The maximum absolute atomic E-state index is 2.39. The van der Waals surface area contributed by atoms with E-state index in [4.69, 9.17) is 0 Å². The SMILES string of the molecule is CCn1c(SSc2cc3ccccc3n2CC)cc2ccccc21. The van der Waals surface area contributed by atoms with E-state index in [9.17, 15) is 0 Å². The fraction of sp³-hybridized carbons (Fsp3) is 0.200. The van der Waals surface area contributed by atoms with Gasteiger partial charge in [0.05, 0.1) is 10.1 Å². The second-order valence-electron chi connectivity index (χ2n) is 5.74. The molecule has 2 aromatic carbocycles. The van der Waals surface area contributed by atoms with E-state index < -0.39 is 0 Å². The van der Waals surface area contributed by atoms with Crippen molar-refractivity contribution >= 4 is 43.4 Å². The number of benzene rings is 2. The largest absolute Gasteiger partial charge is 0.335 e. The van der Waals surface area contributed by atoms with Gasteiger partial charge in [0.25, 0.3) is 0 Å². The van der Waals surface area contributed by atoms with Crippen LogP contribution in [0.2, 0.25) is 0 Å². The highest BCUT2D eigenvalue weighted by Crippen LogP contribution is 2.41. The molecule has 4 rings (SSSR count). The van der Waals surface area contributed by atoms with Crippen LogP contribution >= 0.6 is 21.6 Å². The lowest BCUT2D eigenvalue weighted by Crippen LogP contribution is -1.96. The zero-order valence-electron chi connectivity index (χ0n) is 13.9. The highest BCUT2D eigenvalue weighted by Gasteiger charge is 2.12. The van der Waals surface area contributed by atoms with Crippen LogP contribution in [0.5, 0.6) is 0 Å². The molecule has 2 nitrogen and oxygen atoms in total. The van der Waals surface area contributed by atoms with Gasteiger partial charge in [-0.1, -0.05) is 36.4 Å². The Morgan fingerprint density at radius 3 is 1.50 bits per heavy atom. The Morgan fingerprint density at radius 1 is 0.667 bits per heavy atom. The molecule has 0 amide bonds. The van der Waals surface area contributed by atoms with E-state index in [1.54, 1.807) is 0 Å². The normalized spacial score (nSPS) is 11.6. The molecule has 0 aliphatic heterocycles. The minimum absolute atomic E-state index is 0.993. The van der Waals surface area contributed by atoms with Crippen molar-refractivity contribution in [3.8, 4) is 0 Å². The highest BCUT2D eigenvalue weighted by atomic mass is 33.1. The summed E-state index contributed by atoms with van der Waals surface area (Å²) in [4.78, 5) is 0. The number of aryl methyl sites for hydroxylation is 2. The molecule has 4 heteroatoms. The fourth-order valence-corrected chi connectivity index (χ4v) is 5.74. The van der Waals surface area contributed by atoms with Gasteiger partial charge in [0.1, 0.15) is 0 Å². The molecule has 0 spiro atoms. The van der Waals surface area contributed by atoms with Gasteiger partial charge in [-0.05, 0) is 59.7 Å². The van der Waals surface area contributed by atoms with Crippen LogP contribution in [0.4, 0.5) is 0 Å². The molecule has 0 fully saturated rings. The summed E-state index contributed by atoms with van der Waals surface area (Å²) in [5, 5.41) is 5.27. The molecule has 24 heavy (non-hydrogen) atoms. The molecule has 0 N–H and O–H groups in total. The van der Waals surface area contributed by atoms with E-state index in [2.05, 4.69) is 83.6 Å². The summed E-state index contributed by atoms with van der Waals surface area (Å²) < 4.78 is 4.79. The number of hydrogen-bond donors (Lipinski definition) is 0. The second kappa shape index (κ2) is 6.61. The van der Waals surface area contributed by atoms with Gasteiger partial charge in [-0.25, -0.2) is 0 Å². The van der Waals surface area contributed by atoms with Crippen molar-refractivity contribution in [3.05, 3.63) is 60.7 Å². The van der Waals surface area contributed by atoms with Crippen LogP contribution in [0.3, 0.4) is 0 Å². The molecule has 0 radical (unpaired) electrons. The molecule has 0 bridgehead atoms. The topological polar surface area (TPSA) is 9.86 Å². The van der Waals surface area contributed by atoms with Gasteiger partial charge < -0.3 is 9.13 Å². The van der Waals surface area contributed by atoms with Crippen LogP contribution in [0.15, 0.2) is 70.7 Å². The lowest BCUT2D eigenvalue weighted by Gasteiger charge is -2.09. The Bertz CT molecular complexity index is 915. The molecule has 2 aromatic heterocycles. The first kappa shape index (κ1) is 15.7. The molecule has 0 saturated heterocycles. The van der Waals surface area contributed by atoms with Gasteiger partial charge in [0.2, 0.25) is 0 Å². The molecule has 0 aliphatic rings. The number of aromatic nitrogens is 2. The third-order valence-corrected chi connectivity index (χ3v) is 6.77. The molecule has 0 saturated carbocycles. The van der Waals surface area contributed by atoms with Crippen LogP contribution < -0.4 is 0 Å². The van der Waals surface area contributed by atoms with E-state index in [0.717, 1.165) is 13.1 Å².